The fourth-order valence-corrected chi connectivity index (χ4v) is 2.61. The summed E-state index contributed by atoms with van der Waals surface area (Å²) in [5.41, 5.74) is 5.86. The molecule has 0 spiro atoms. The van der Waals surface area contributed by atoms with Crippen molar-refractivity contribution in [1.29, 1.82) is 0 Å². The van der Waals surface area contributed by atoms with Crippen molar-refractivity contribution in [3.63, 3.8) is 0 Å². The number of guanidine groups is 1. The zero-order valence-electron chi connectivity index (χ0n) is 11.9. The molecule has 0 unspecified atom stereocenters. The van der Waals surface area contributed by atoms with Gasteiger partial charge in [0.2, 0.25) is 0 Å². The Labute approximate surface area is 146 Å². The summed E-state index contributed by atoms with van der Waals surface area (Å²) in [6.07, 6.45) is 3.68. The number of hydrogen-bond donors (Lipinski definition) is 3. The summed E-state index contributed by atoms with van der Waals surface area (Å²) >= 11 is 6.03. The van der Waals surface area contributed by atoms with E-state index in [4.69, 9.17) is 22.1 Å². The predicted molar refractivity (Wildman–Crippen MR) is 96.9 cm³/mol. The molecule has 1 aromatic rings. The first-order chi connectivity index (χ1) is 9.52. The van der Waals surface area contributed by atoms with Crippen molar-refractivity contribution in [2.45, 2.75) is 31.3 Å². The summed E-state index contributed by atoms with van der Waals surface area (Å²) in [6.45, 7) is 0.329. The third kappa shape index (κ3) is 5.19. The summed E-state index contributed by atoms with van der Waals surface area (Å²) in [5, 5.41) is 13.6. The molecule has 2 rings (SSSR count). The number of halogens is 2. The van der Waals surface area contributed by atoms with Crippen molar-refractivity contribution in [1.82, 2.24) is 0 Å². The highest BCUT2D eigenvalue weighted by atomic mass is 127. The fraction of sp³-hybridized carbons (Fsp3) is 0.500. The number of aliphatic hydroxyl groups is 1. The number of aliphatic imine (C=N–C) groups is 1. The van der Waals surface area contributed by atoms with E-state index in [9.17, 15) is 5.11 Å². The van der Waals surface area contributed by atoms with Crippen LogP contribution in [-0.2, 0) is 0 Å². The highest BCUT2D eigenvalue weighted by Crippen LogP contribution is 2.30. The number of nitrogens with two attached hydrogens (primary N) is 1. The van der Waals surface area contributed by atoms with Crippen LogP contribution in [0.5, 0.6) is 5.75 Å². The first kappa shape index (κ1) is 18.3. The minimum absolute atomic E-state index is 0. The van der Waals surface area contributed by atoms with Gasteiger partial charge in [0.25, 0.3) is 0 Å². The quantitative estimate of drug-likeness (QED) is 0.394. The molecular weight excluding hydrogens is 405 g/mol. The van der Waals surface area contributed by atoms with E-state index < -0.39 is 5.60 Å². The molecule has 21 heavy (non-hydrogen) atoms. The number of rotatable bonds is 4. The summed E-state index contributed by atoms with van der Waals surface area (Å²) in [4.78, 5) is 4.20. The van der Waals surface area contributed by atoms with Crippen LogP contribution in [0.3, 0.4) is 0 Å². The smallest absolute Gasteiger partial charge is 0.193 e. The minimum Gasteiger partial charge on any atom is -0.495 e. The highest BCUT2D eigenvalue weighted by Gasteiger charge is 2.30. The van der Waals surface area contributed by atoms with Gasteiger partial charge in [0.1, 0.15) is 5.75 Å². The Morgan fingerprint density at radius 3 is 2.71 bits per heavy atom. The van der Waals surface area contributed by atoms with E-state index >= 15 is 0 Å². The van der Waals surface area contributed by atoms with Gasteiger partial charge in [-0.1, -0.05) is 24.4 Å². The fourth-order valence-electron chi connectivity index (χ4n) is 2.36. The molecule has 0 aliphatic heterocycles. The van der Waals surface area contributed by atoms with Gasteiger partial charge in [-0.25, -0.2) is 0 Å². The van der Waals surface area contributed by atoms with Gasteiger partial charge in [-0.2, -0.15) is 0 Å². The maximum absolute atomic E-state index is 10.2. The monoisotopic (exact) mass is 425 g/mol. The summed E-state index contributed by atoms with van der Waals surface area (Å²) in [5.74, 6) is 0.875. The molecule has 1 aliphatic carbocycles. The van der Waals surface area contributed by atoms with Gasteiger partial charge in [0.15, 0.2) is 5.96 Å². The largest absolute Gasteiger partial charge is 0.495 e. The maximum Gasteiger partial charge on any atom is 0.193 e. The number of ether oxygens (including phenoxy) is 1. The lowest BCUT2D eigenvalue weighted by atomic mass is 10.0. The third-order valence-corrected chi connectivity index (χ3v) is 3.80. The number of benzene rings is 1. The van der Waals surface area contributed by atoms with Crippen molar-refractivity contribution in [2.24, 2.45) is 10.7 Å². The zero-order valence-corrected chi connectivity index (χ0v) is 15.0. The van der Waals surface area contributed by atoms with Crippen LogP contribution in [0.15, 0.2) is 23.2 Å². The van der Waals surface area contributed by atoms with Crippen LogP contribution in [0.1, 0.15) is 25.7 Å². The van der Waals surface area contributed by atoms with Crippen LogP contribution in [0.4, 0.5) is 5.69 Å². The Balaban J connectivity index is 0.00000220. The molecule has 7 heteroatoms. The van der Waals surface area contributed by atoms with Gasteiger partial charge in [0, 0.05) is 5.69 Å². The second kappa shape index (κ2) is 8.05. The average Bonchev–Trinajstić information content (AvgIpc) is 2.84. The Bertz CT molecular complexity index is 505. The van der Waals surface area contributed by atoms with E-state index in [2.05, 4.69) is 10.3 Å². The van der Waals surface area contributed by atoms with Crippen LogP contribution in [0, 0.1) is 0 Å². The van der Waals surface area contributed by atoms with Crippen LogP contribution in [0.2, 0.25) is 5.02 Å². The number of nitrogens with zero attached hydrogens (tertiary/aromatic N) is 1. The van der Waals surface area contributed by atoms with E-state index in [0.29, 0.717) is 17.3 Å². The summed E-state index contributed by atoms with van der Waals surface area (Å²) < 4.78 is 5.08. The number of nitrogens with one attached hydrogen (secondary N) is 1. The molecule has 118 valence electrons. The van der Waals surface area contributed by atoms with Crippen molar-refractivity contribution < 1.29 is 9.84 Å². The molecule has 1 saturated carbocycles. The molecule has 4 N–H and O–H groups in total. The molecule has 0 saturated heterocycles. The Morgan fingerprint density at radius 1 is 1.48 bits per heavy atom. The number of methoxy groups -OCH3 is 1. The summed E-state index contributed by atoms with van der Waals surface area (Å²) in [7, 11) is 1.56. The molecule has 0 amide bonds. The van der Waals surface area contributed by atoms with Crippen LogP contribution >= 0.6 is 35.6 Å². The predicted octanol–water partition coefficient (Wildman–Crippen LogP) is 3.00. The van der Waals surface area contributed by atoms with Crippen molar-refractivity contribution in [3.8, 4) is 5.75 Å². The molecule has 0 radical (unpaired) electrons. The topological polar surface area (TPSA) is 79.9 Å². The normalized spacial score (nSPS) is 17.2. The lowest BCUT2D eigenvalue weighted by Crippen LogP contribution is -2.31. The second-order valence-corrected chi connectivity index (χ2v) is 5.51. The summed E-state index contributed by atoms with van der Waals surface area (Å²) in [6, 6.07) is 5.27. The van der Waals surface area contributed by atoms with E-state index in [1.165, 1.54) is 0 Å². The number of anilines is 1. The molecule has 0 aromatic heterocycles. The average molecular weight is 426 g/mol. The van der Waals surface area contributed by atoms with Gasteiger partial charge in [-0.15, -0.1) is 24.0 Å². The van der Waals surface area contributed by atoms with Gasteiger partial charge >= 0.3 is 0 Å². The van der Waals surface area contributed by atoms with Crippen LogP contribution in [-0.4, -0.2) is 30.3 Å². The third-order valence-electron chi connectivity index (χ3n) is 3.50. The van der Waals surface area contributed by atoms with E-state index in [1.54, 1.807) is 25.3 Å². The maximum atomic E-state index is 10.2. The minimum atomic E-state index is -0.691. The number of hydrogen-bond acceptors (Lipinski definition) is 3. The Hall–Kier alpha value is -0.730. The van der Waals surface area contributed by atoms with Gasteiger partial charge < -0.3 is 20.9 Å². The van der Waals surface area contributed by atoms with Crippen molar-refractivity contribution >= 4 is 47.2 Å². The van der Waals surface area contributed by atoms with Crippen LogP contribution in [0.25, 0.3) is 0 Å². The second-order valence-electron chi connectivity index (χ2n) is 5.11. The molecule has 1 aromatic carbocycles. The zero-order chi connectivity index (χ0) is 14.6. The molecule has 1 fully saturated rings. The first-order valence-electron chi connectivity index (χ1n) is 6.65. The molecule has 0 bridgehead atoms. The van der Waals surface area contributed by atoms with E-state index in [-0.39, 0.29) is 29.9 Å². The first-order valence-corrected chi connectivity index (χ1v) is 7.03. The van der Waals surface area contributed by atoms with Crippen molar-refractivity contribution in [3.05, 3.63) is 23.2 Å². The molecule has 5 nitrogen and oxygen atoms in total. The lowest BCUT2D eigenvalue weighted by Gasteiger charge is -2.19. The standard InChI is InChI=1S/C14H20ClN3O2.HI/c1-20-12-5-4-10(8-11(12)15)18-13(16)17-9-14(19)6-2-3-7-14;/h4-5,8,19H,2-3,6-7,9H2,1H3,(H3,16,17,18);1H. The highest BCUT2D eigenvalue weighted by molar-refractivity contribution is 14.0. The van der Waals surface area contributed by atoms with Crippen LogP contribution < -0.4 is 15.8 Å². The van der Waals surface area contributed by atoms with E-state index in [0.717, 1.165) is 31.4 Å². The van der Waals surface area contributed by atoms with Gasteiger partial charge in [0.05, 0.1) is 24.3 Å². The molecular formula is C14H21ClIN3O2. The SMILES string of the molecule is COc1ccc(NC(N)=NCC2(O)CCCC2)cc1Cl.I. The van der Waals surface area contributed by atoms with Gasteiger partial charge in [-0.3, -0.25) is 4.99 Å². The molecule has 1 aliphatic rings. The van der Waals surface area contributed by atoms with Crippen molar-refractivity contribution in [2.75, 3.05) is 19.0 Å². The molecule has 0 heterocycles. The Morgan fingerprint density at radius 2 is 2.14 bits per heavy atom. The lowest BCUT2D eigenvalue weighted by molar-refractivity contribution is 0.0575. The molecule has 0 atom stereocenters. The van der Waals surface area contributed by atoms with Gasteiger partial charge in [-0.05, 0) is 31.0 Å². The Kier molecular flexibility index (Phi) is 7.02. The van der Waals surface area contributed by atoms with E-state index in [1.807, 2.05) is 0 Å².